The number of aliphatic hydroxyl groups is 1. The van der Waals surface area contributed by atoms with Crippen LogP contribution in [0.5, 0.6) is 0 Å². The Balaban J connectivity index is 1.75. The Labute approximate surface area is 218 Å². The minimum atomic E-state index is -0.908. The van der Waals surface area contributed by atoms with Gasteiger partial charge >= 0.3 is 0 Å². The minimum Gasteiger partial charge on any atom is -0.389 e. The van der Waals surface area contributed by atoms with Crippen LogP contribution < -0.4 is 10.2 Å². The molecule has 0 spiro atoms. The molecule has 0 aliphatic carbocycles. The van der Waals surface area contributed by atoms with Crippen molar-refractivity contribution in [2.45, 2.75) is 52.4 Å². The van der Waals surface area contributed by atoms with E-state index in [9.17, 15) is 5.11 Å². The van der Waals surface area contributed by atoms with E-state index in [1.54, 1.807) is 0 Å². The second-order valence-electron chi connectivity index (χ2n) is 10.2. The SMILES string of the molecule is CCCNc1nc2c(N(Cc3ccccc3)Cc3ccccc3)nc3ccccc3c2n1CC(C)(C)O. The Morgan fingerprint density at radius 1 is 0.838 bits per heavy atom. The van der Waals surface area contributed by atoms with Crippen LogP contribution in [0.1, 0.15) is 38.3 Å². The number of nitrogens with zero attached hydrogens (tertiary/aromatic N) is 4. The molecule has 0 unspecified atom stereocenters. The maximum atomic E-state index is 10.8. The van der Waals surface area contributed by atoms with Gasteiger partial charge in [0, 0.05) is 25.0 Å². The van der Waals surface area contributed by atoms with Gasteiger partial charge in [0.1, 0.15) is 5.52 Å². The van der Waals surface area contributed by atoms with Crippen LogP contribution in [0.3, 0.4) is 0 Å². The fourth-order valence-corrected chi connectivity index (χ4v) is 4.77. The molecule has 0 radical (unpaired) electrons. The van der Waals surface area contributed by atoms with Crippen LogP contribution in [0.15, 0.2) is 84.9 Å². The topological polar surface area (TPSA) is 66.2 Å². The lowest BCUT2D eigenvalue weighted by Gasteiger charge is -2.25. The zero-order valence-electron chi connectivity index (χ0n) is 21.9. The zero-order valence-corrected chi connectivity index (χ0v) is 21.9. The van der Waals surface area contributed by atoms with E-state index < -0.39 is 5.60 Å². The van der Waals surface area contributed by atoms with Crippen molar-refractivity contribution in [3.05, 3.63) is 96.1 Å². The first-order valence-electron chi connectivity index (χ1n) is 13.0. The number of anilines is 2. The second-order valence-corrected chi connectivity index (χ2v) is 10.2. The third kappa shape index (κ3) is 5.59. The molecule has 0 bridgehead atoms. The third-order valence-corrected chi connectivity index (χ3v) is 6.38. The molecule has 2 heterocycles. The van der Waals surface area contributed by atoms with Gasteiger partial charge in [0.05, 0.1) is 23.2 Å². The Morgan fingerprint density at radius 3 is 2.03 bits per heavy atom. The Morgan fingerprint density at radius 2 is 1.43 bits per heavy atom. The van der Waals surface area contributed by atoms with Gasteiger partial charge in [0.15, 0.2) is 5.82 Å². The van der Waals surface area contributed by atoms with E-state index in [1.807, 2.05) is 38.1 Å². The van der Waals surface area contributed by atoms with Crippen LogP contribution in [0.4, 0.5) is 11.8 Å². The molecular weight excluding hydrogens is 458 g/mol. The van der Waals surface area contributed by atoms with Gasteiger partial charge in [-0.2, -0.15) is 0 Å². The number of aromatic nitrogens is 3. The van der Waals surface area contributed by atoms with Gasteiger partial charge in [-0.3, -0.25) is 0 Å². The second kappa shape index (κ2) is 10.6. The van der Waals surface area contributed by atoms with E-state index in [2.05, 4.69) is 82.4 Å². The predicted molar refractivity (Wildman–Crippen MR) is 153 cm³/mol. The fourth-order valence-electron chi connectivity index (χ4n) is 4.77. The van der Waals surface area contributed by atoms with Gasteiger partial charge < -0.3 is 19.9 Å². The van der Waals surface area contributed by atoms with Gasteiger partial charge in [0.2, 0.25) is 5.95 Å². The van der Waals surface area contributed by atoms with Crippen molar-refractivity contribution in [1.29, 1.82) is 0 Å². The van der Waals surface area contributed by atoms with Gasteiger partial charge in [0.25, 0.3) is 0 Å². The van der Waals surface area contributed by atoms with Crippen molar-refractivity contribution in [2.24, 2.45) is 0 Å². The zero-order chi connectivity index (χ0) is 25.8. The number of nitrogens with one attached hydrogen (secondary N) is 1. The summed E-state index contributed by atoms with van der Waals surface area (Å²) in [6, 6.07) is 29.2. The summed E-state index contributed by atoms with van der Waals surface area (Å²) in [4.78, 5) is 12.6. The van der Waals surface area contributed by atoms with Crippen molar-refractivity contribution >= 4 is 33.7 Å². The molecule has 6 nitrogen and oxygen atoms in total. The summed E-state index contributed by atoms with van der Waals surface area (Å²) in [5.74, 6) is 1.60. The molecule has 37 heavy (non-hydrogen) atoms. The molecule has 0 saturated carbocycles. The average Bonchev–Trinajstić information content (AvgIpc) is 3.24. The average molecular weight is 494 g/mol. The Bertz CT molecular complexity index is 1430. The first-order valence-corrected chi connectivity index (χ1v) is 13.0. The Kier molecular flexibility index (Phi) is 7.10. The van der Waals surface area contributed by atoms with Crippen LogP contribution >= 0.6 is 0 Å². The maximum absolute atomic E-state index is 10.8. The molecule has 0 fully saturated rings. The van der Waals surface area contributed by atoms with Crippen molar-refractivity contribution in [2.75, 3.05) is 16.8 Å². The molecule has 0 amide bonds. The molecule has 0 atom stereocenters. The smallest absolute Gasteiger partial charge is 0.204 e. The summed E-state index contributed by atoms with van der Waals surface area (Å²) >= 11 is 0. The highest BCUT2D eigenvalue weighted by Gasteiger charge is 2.25. The lowest BCUT2D eigenvalue weighted by atomic mass is 10.1. The predicted octanol–water partition coefficient (Wildman–Crippen LogP) is 6.38. The van der Waals surface area contributed by atoms with Crippen LogP contribution in [-0.2, 0) is 19.6 Å². The van der Waals surface area contributed by atoms with E-state index in [4.69, 9.17) is 9.97 Å². The highest BCUT2D eigenvalue weighted by Crippen LogP contribution is 2.35. The third-order valence-electron chi connectivity index (χ3n) is 6.38. The summed E-state index contributed by atoms with van der Waals surface area (Å²) in [5, 5.41) is 15.4. The van der Waals surface area contributed by atoms with Crippen LogP contribution in [0, 0.1) is 0 Å². The summed E-state index contributed by atoms with van der Waals surface area (Å²) in [6.45, 7) is 8.43. The molecule has 0 saturated heterocycles. The molecule has 2 aromatic heterocycles. The van der Waals surface area contributed by atoms with Gasteiger partial charge in [-0.1, -0.05) is 85.8 Å². The number of imidazole rings is 1. The summed E-state index contributed by atoms with van der Waals surface area (Å²) in [5.41, 5.74) is 4.26. The summed E-state index contributed by atoms with van der Waals surface area (Å²) in [6.07, 6.45) is 0.978. The van der Waals surface area contributed by atoms with Crippen molar-refractivity contribution in [3.63, 3.8) is 0 Å². The minimum absolute atomic E-state index is 0.417. The number of benzene rings is 3. The van der Waals surface area contributed by atoms with E-state index in [-0.39, 0.29) is 0 Å². The van der Waals surface area contributed by atoms with E-state index in [0.717, 1.165) is 46.7 Å². The number of para-hydroxylation sites is 1. The Hall–Kier alpha value is -3.90. The molecule has 5 rings (SSSR count). The van der Waals surface area contributed by atoms with Gasteiger partial charge in [-0.15, -0.1) is 0 Å². The first-order chi connectivity index (χ1) is 17.9. The summed E-state index contributed by atoms with van der Waals surface area (Å²) in [7, 11) is 0. The van der Waals surface area contributed by atoms with Gasteiger partial charge in [-0.25, -0.2) is 9.97 Å². The number of fused-ring (bicyclic) bond motifs is 3. The van der Waals surface area contributed by atoms with Crippen LogP contribution in [0.25, 0.3) is 21.9 Å². The van der Waals surface area contributed by atoms with Crippen LogP contribution in [-0.4, -0.2) is 31.8 Å². The molecule has 0 aliphatic heterocycles. The number of rotatable bonds is 10. The van der Waals surface area contributed by atoms with Crippen molar-refractivity contribution < 1.29 is 5.11 Å². The van der Waals surface area contributed by atoms with E-state index >= 15 is 0 Å². The lowest BCUT2D eigenvalue weighted by Crippen LogP contribution is -2.27. The molecule has 6 heteroatoms. The quantitative estimate of drug-likeness (QED) is 0.236. The van der Waals surface area contributed by atoms with Crippen molar-refractivity contribution in [1.82, 2.24) is 14.5 Å². The van der Waals surface area contributed by atoms with Crippen LogP contribution in [0.2, 0.25) is 0 Å². The van der Waals surface area contributed by atoms with Crippen molar-refractivity contribution in [3.8, 4) is 0 Å². The largest absolute Gasteiger partial charge is 0.389 e. The van der Waals surface area contributed by atoms with E-state index in [0.29, 0.717) is 19.6 Å². The monoisotopic (exact) mass is 493 g/mol. The standard InChI is InChI=1S/C31H35N5O/c1-4-19-32-30-34-27-28(36(30)22-31(2,3)37)25-17-11-12-18-26(25)33-29(27)35(20-23-13-7-5-8-14-23)21-24-15-9-6-10-16-24/h5-18,37H,4,19-22H2,1-3H3,(H,32,34). The molecule has 2 N–H and O–H groups in total. The molecule has 5 aromatic rings. The first kappa shape index (κ1) is 24.8. The molecular formula is C31H35N5O. The normalized spacial score (nSPS) is 11.8. The lowest BCUT2D eigenvalue weighted by molar-refractivity contribution is 0.0632. The summed E-state index contributed by atoms with van der Waals surface area (Å²) < 4.78 is 2.13. The molecule has 0 aliphatic rings. The maximum Gasteiger partial charge on any atom is 0.204 e. The van der Waals surface area contributed by atoms with Gasteiger partial charge in [-0.05, 0) is 37.5 Å². The highest BCUT2D eigenvalue weighted by molar-refractivity contribution is 6.08. The molecule has 190 valence electrons. The number of hydrogen-bond donors (Lipinski definition) is 2. The number of hydrogen-bond acceptors (Lipinski definition) is 5. The number of pyridine rings is 1. The highest BCUT2D eigenvalue weighted by atomic mass is 16.3. The van der Waals surface area contributed by atoms with E-state index in [1.165, 1.54) is 11.1 Å². The fraction of sp³-hybridized carbons (Fsp3) is 0.290. The molecule has 3 aromatic carbocycles.